The highest BCUT2D eigenvalue weighted by Gasteiger charge is 2.09. The van der Waals surface area contributed by atoms with Crippen LogP contribution in [0.3, 0.4) is 0 Å². The smallest absolute Gasteiger partial charge is 0.331 e. The number of rotatable bonds is 7. The Kier molecular flexibility index (Phi) is 8.89. The lowest BCUT2D eigenvalue weighted by atomic mass is 10.2. The maximum absolute atomic E-state index is 11.5. The number of nitrogens with one attached hydrogen (secondary N) is 2. The van der Waals surface area contributed by atoms with Crippen LogP contribution >= 0.6 is 23.2 Å². The number of esters is 1. The van der Waals surface area contributed by atoms with Gasteiger partial charge in [0.05, 0.1) is 0 Å². The monoisotopic (exact) mass is 372 g/mol. The normalized spacial score (nSPS) is 10.5. The number of benzene rings is 1. The van der Waals surface area contributed by atoms with E-state index in [1.54, 1.807) is 18.2 Å². The number of carbonyl (C=O) groups excluding carboxylic acids is 3. The second-order valence-corrected chi connectivity index (χ2v) is 5.61. The van der Waals surface area contributed by atoms with Gasteiger partial charge in [-0.05, 0) is 30.2 Å². The molecular formula is C16H18Cl2N2O4. The molecule has 0 saturated heterocycles. The average Bonchev–Trinajstić information content (AvgIpc) is 2.52. The van der Waals surface area contributed by atoms with Gasteiger partial charge in [0.25, 0.3) is 5.91 Å². The van der Waals surface area contributed by atoms with Gasteiger partial charge in [0, 0.05) is 22.7 Å². The Bertz CT molecular complexity index is 633. The first-order valence-corrected chi connectivity index (χ1v) is 8.05. The zero-order valence-corrected chi connectivity index (χ0v) is 14.6. The van der Waals surface area contributed by atoms with Crippen LogP contribution in [0.5, 0.6) is 0 Å². The molecule has 1 rings (SSSR count). The molecule has 0 radical (unpaired) electrons. The summed E-state index contributed by atoms with van der Waals surface area (Å²) >= 11 is 11.7. The van der Waals surface area contributed by atoms with Crippen LogP contribution in [0.4, 0.5) is 4.79 Å². The minimum Gasteiger partial charge on any atom is -0.452 e. The predicted molar refractivity (Wildman–Crippen MR) is 92.9 cm³/mol. The van der Waals surface area contributed by atoms with E-state index in [4.69, 9.17) is 27.9 Å². The SMILES string of the molecule is CCCCNC(=O)NC(=O)COC(=O)/C=C/c1ccc(Cl)cc1Cl. The maximum atomic E-state index is 11.5. The Labute approximate surface area is 150 Å². The Balaban J connectivity index is 2.36. The molecule has 0 saturated carbocycles. The molecule has 2 N–H and O–H groups in total. The number of imide groups is 1. The van der Waals surface area contributed by atoms with Gasteiger partial charge in [0.15, 0.2) is 6.61 Å². The molecule has 0 aromatic heterocycles. The van der Waals surface area contributed by atoms with Crippen molar-refractivity contribution in [3.63, 3.8) is 0 Å². The highest BCUT2D eigenvalue weighted by atomic mass is 35.5. The van der Waals surface area contributed by atoms with E-state index in [1.165, 1.54) is 6.08 Å². The van der Waals surface area contributed by atoms with Gasteiger partial charge >= 0.3 is 12.0 Å². The van der Waals surface area contributed by atoms with Crippen molar-refractivity contribution in [3.8, 4) is 0 Å². The predicted octanol–water partition coefficient (Wildman–Crippen LogP) is 3.18. The fourth-order valence-electron chi connectivity index (χ4n) is 1.56. The molecule has 0 bridgehead atoms. The van der Waals surface area contributed by atoms with E-state index in [9.17, 15) is 14.4 Å². The zero-order valence-electron chi connectivity index (χ0n) is 13.1. The zero-order chi connectivity index (χ0) is 17.9. The van der Waals surface area contributed by atoms with Gasteiger partial charge < -0.3 is 10.1 Å². The van der Waals surface area contributed by atoms with E-state index in [0.29, 0.717) is 22.2 Å². The van der Waals surface area contributed by atoms with E-state index in [1.807, 2.05) is 6.92 Å². The molecule has 1 aromatic rings. The summed E-state index contributed by atoms with van der Waals surface area (Å²) in [5, 5.41) is 5.43. The summed E-state index contributed by atoms with van der Waals surface area (Å²) in [4.78, 5) is 34.3. The van der Waals surface area contributed by atoms with Crippen molar-refractivity contribution in [1.29, 1.82) is 0 Å². The summed E-state index contributed by atoms with van der Waals surface area (Å²) in [7, 11) is 0. The molecule has 0 aliphatic rings. The van der Waals surface area contributed by atoms with Crippen LogP contribution in [-0.2, 0) is 14.3 Å². The molecule has 0 unspecified atom stereocenters. The van der Waals surface area contributed by atoms with Gasteiger partial charge in [-0.2, -0.15) is 0 Å². The van der Waals surface area contributed by atoms with E-state index in [-0.39, 0.29) is 0 Å². The number of halogens is 2. The molecule has 8 heteroatoms. The second kappa shape index (κ2) is 10.7. The Morgan fingerprint density at radius 2 is 2.00 bits per heavy atom. The minimum atomic E-state index is -0.734. The highest BCUT2D eigenvalue weighted by molar-refractivity contribution is 6.35. The van der Waals surface area contributed by atoms with E-state index < -0.39 is 24.5 Å². The first-order valence-electron chi connectivity index (χ1n) is 7.30. The fraction of sp³-hybridized carbons (Fsp3) is 0.312. The van der Waals surface area contributed by atoms with Gasteiger partial charge in [-0.15, -0.1) is 0 Å². The molecule has 1 aromatic carbocycles. The lowest BCUT2D eigenvalue weighted by Crippen LogP contribution is -2.41. The maximum Gasteiger partial charge on any atom is 0.331 e. The minimum absolute atomic E-state index is 0.382. The van der Waals surface area contributed by atoms with Crippen molar-refractivity contribution in [2.24, 2.45) is 0 Å². The van der Waals surface area contributed by atoms with Gasteiger partial charge in [0.2, 0.25) is 0 Å². The lowest BCUT2D eigenvalue weighted by Gasteiger charge is -2.06. The quantitative estimate of drug-likeness (QED) is 0.437. The molecule has 24 heavy (non-hydrogen) atoms. The van der Waals surface area contributed by atoms with Crippen LogP contribution in [0.2, 0.25) is 10.0 Å². The number of hydrogen-bond acceptors (Lipinski definition) is 4. The first kappa shape index (κ1) is 20.0. The summed E-state index contributed by atoms with van der Waals surface area (Å²) in [6, 6.07) is 4.19. The van der Waals surface area contributed by atoms with Gasteiger partial charge in [0.1, 0.15) is 0 Å². The van der Waals surface area contributed by atoms with Crippen molar-refractivity contribution in [2.75, 3.05) is 13.2 Å². The van der Waals surface area contributed by atoms with Crippen molar-refractivity contribution in [1.82, 2.24) is 10.6 Å². The van der Waals surface area contributed by atoms with E-state index in [2.05, 4.69) is 10.6 Å². The number of ether oxygens (including phenoxy) is 1. The number of hydrogen-bond donors (Lipinski definition) is 2. The molecule has 6 nitrogen and oxygen atoms in total. The van der Waals surface area contributed by atoms with Crippen LogP contribution in [0.15, 0.2) is 24.3 Å². The van der Waals surface area contributed by atoms with Crippen molar-refractivity contribution in [2.45, 2.75) is 19.8 Å². The van der Waals surface area contributed by atoms with Crippen molar-refractivity contribution in [3.05, 3.63) is 39.9 Å². The number of unbranched alkanes of at least 4 members (excludes halogenated alkanes) is 1. The summed E-state index contributed by atoms with van der Waals surface area (Å²) in [6.45, 7) is 1.90. The van der Waals surface area contributed by atoms with Crippen LogP contribution in [-0.4, -0.2) is 31.1 Å². The Morgan fingerprint density at radius 3 is 2.67 bits per heavy atom. The standard InChI is InChI=1S/C16H18Cl2N2O4/c1-2-3-8-19-16(23)20-14(21)10-24-15(22)7-5-11-4-6-12(17)9-13(11)18/h4-7,9H,2-3,8,10H2,1H3,(H2,19,20,21,23)/b7-5+. The molecule has 0 atom stereocenters. The van der Waals surface area contributed by atoms with Crippen molar-refractivity contribution >= 4 is 47.2 Å². The summed E-state index contributed by atoms with van der Waals surface area (Å²) in [5.41, 5.74) is 0.581. The third kappa shape index (κ3) is 7.99. The average molecular weight is 373 g/mol. The lowest BCUT2D eigenvalue weighted by molar-refractivity contribution is -0.143. The summed E-state index contributed by atoms with van der Waals surface area (Å²) in [6.07, 6.45) is 4.31. The highest BCUT2D eigenvalue weighted by Crippen LogP contribution is 2.21. The molecule has 130 valence electrons. The largest absolute Gasteiger partial charge is 0.452 e. The number of urea groups is 1. The first-order chi connectivity index (χ1) is 11.4. The van der Waals surface area contributed by atoms with Crippen LogP contribution in [0.25, 0.3) is 6.08 Å². The van der Waals surface area contributed by atoms with E-state index >= 15 is 0 Å². The fourth-order valence-corrected chi connectivity index (χ4v) is 2.04. The second-order valence-electron chi connectivity index (χ2n) is 4.76. The Hall–Kier alpha value is -2.05. The third-order valence-electron chi connectivity index (χ3n) is 2.78. The van der Waals surface area contributed by atoms with E-state index in [0.717, 1.165) is 18.9 Å². The Morgan fingerprint density at radius 1 is 1.25 bits per heavy atom. The molecule has 0 aliphatic carbocycles. The van der Waals surface area contributed by atoms with Gasteiger partial charge in [-0.3, -0.25) is 10.1 Å². The molecule has 0 aliphatic heterocycles. The molecule has 0 fully saturated rings. The topological polar surface area (TPSA) is 84.5 Å². The number of amides is 3. The molecule has 0 heterocycles. The third-order valence-corrected chi connectivity index (χ3v) is 3.34. The van der Waals surface area contributed by atoms with Crippen molar-refractivity contribution < 1.29 is 19.1 Å². The molecular weight excluding hydrogens is 355 g/mol. The van der Waals surface area contributed by atoms with Crippen LogP contribution in [0, 0.1) is 0 Å². The summed E-state index contributed by atoms with van der Waals surface area (Å²) < 4.78 is 4.73. The number of carbonyl (C=O) groups is 3. The summed E-state index contributed by atoms with van der Waals surface area (Å²) in [5.74, 6) is -1.45. The molecule has 0 spiro atoms. The molecule has 3 amide bonds. The van der Waals surface area contributed by atoms with Crippen LogP contribution in [0.1, 0.15) is 25.3 Å². The van der Waals surface area contributed by atoms with Gasteiger partial charge in [-0.25, -0.2) is 9.59 Å². The van der Waals surface area contributed by atoms with Gasteiger partial charge in [-0.1, -0.05) is 42.6 Å². The van der Waals surface area contributed by atoms with Crippen LogP contribution < -0.4 is 10.6 Å².